The fourth-order valence-electron chi connectivity index (χ4n) is 4.24. The summed E-state index contributed by atoms with van der Waals surface area (Å²) >= 11 is 0. The summed E-state index contributed by atoms with van der Waals surface area (Å²) in [6.45, 7) is 0.959. The van der Waals surface area contributed by atoms with Gasteiger partial charge in [-0.1, -0.05) is 30.3 Å². The number of allylic oxidation sites excluding steroid dienone is 1. The number of aromatic nitrogens is 1. The zero-order chi connectivity index (χ0) is 17.3. The molecule has 5 rings (SSSR count). The number of aromatic amines is 1. The summed E-state index contributed by atoms with van der Waals surface area (Å²) in [5.74, 6) is 1.50. The fourth-order valence-corrected chi connectivity index (χ4v) is 4.24. The number of rotatable bonds is 4. The van der Waals surface area contributed by atoms with Gasteiger partial charge in [0.2, 0.25) is 0 Å². The van der Waals surface area contributed by atoms with Gasteiger partial charge in [0.15, 0.2) is 0 Å². The predicted octanol–water partition coefficient (Wildman–Crippen LogP) is 3.03. The van der Waals surface area contributed by atoms with Gasteiger partial charge in [-0.15, -0.1) is 5.53 Å². The molecule has 0 saturated heterocycles. The Morgan fingerprint density at radius 2 is 1.92 bits per heavy atom. The zero-order valence-electron chi connectivity index (χ0n) is 14.7. The smallest absolute Gasteiger partial charge is 0.141 e. The molecule has 0 radical (unpaired) electrons. The Bertz CT molecular complexity index is 829. The molecule has 1 fully saturated rings. The van der Waals surface area contributed by atoms with E-state index in [2.05, 4.69) is 62.7 Å². The van der Waals surface area contributed by atoms with Gasteiger partial charge < -0.3 is 15.7 Å². The molecular formula is C20H24N6. The minimum atomic E-state index is 0.562. The molecule has 134 valence electrons. The molecule has 2 aromatic rings. The minimum absolute atomic E-state index is 0.562. The topological polar surface area (TPSA) is 67.5 Å². The van der Waals surface area contributed by atoms with E-state index in [9.17, 15) is 0 Å². The fraction of sp³-hybridized carbons (Fsp3) is 0.350. The predicted molar refractivity (Wildman–Crippen MR) is 103 cm³/mol. The number of hydrazine groups is 2. The van der Waals surface area contributed by atoms with E-state index < -0.39 is 0 Å². The summed E-state index contributed by atoms with van der Waals surface area (Å²) in [5, 5.41) is 5.72. The maximum Gasteiger partial charge on any atom is 0.141 e. The SMILES string of the molecule is C1=Nc2[nH]ccc2C2=C([C@H]3CC[C@H](NCc4ccccc4)CC3)NNN12. The van der Waals surface area contributed by atoms with E-state index in [1.807, 2.05) is 17.5 Å². The van der Waals surface area contributed by atoms with Crippen molar-refractivity contribution in [1.29, 1.82) is 0 Å². The lowest BCUT2D eigenvalue weighted by molar-refractivity contribution is 0.305. The number of H-pyrrole nitrogens is 1. The van der Waals surface area contributed by atoms with Gasteiger partial charge in [0.05, 0.1) is 11.4 Å². The zero-order valence-corrected chi connectivity index (χ0v) is 14.7. The van der Waals surface area contributed by atoms with E-state index in [0.717, 1.165) is 12.4 Å². The molecular weight excluding hydrogens is 324 g/mol. The summed E-state index contributed by atoms with van der Waals surface area (Å²) in [5.41, 5.74) is 11.7. The Labute approximate surface area is 153 Å². The molecule has 0 amide bonds. The van der Waals surface area contributed by atoms with Gasteiger partial charge in [0, 0.05) is 30.3 Å². The molecule has 26 heavy (non-hydrogen) atoms. The molecule has 0 spiro atoms. The number of nitrogens with one attached hydrogen (secondary N) is 4. The number of hydrogen-bond acceptors (Lipinski definition) is 5. The Balaban J connectivity index is 1.25. The lowest BCUT2D eigenvalue weighted by Crippen LogP contribution is -2.38. The third kappa shape index (κ3) is 2.81. The van der Waals surface area contributed by atoms with Crippen molar-refractivity contribution in [2.75, 3.05) is 0 Å². The van der Waals surface area contributed by atoms with Crippen LogP contribution in [0.4, 0.5) is 5.82 Å². The first-order valence-electron chi connectivity index (χ1n) is 9.43. The highest BCUT2D eigenvalue weighted by molar-refractivity contribution is 5.87. The maximum atomic E-state index is 4.44. The Morgan fingerprint density at radius 3 is 2.77 bits per heavy atom. The van der Waals surface area contributed by atoms with Crippen LogP contribution >= 0.6 is 0 Å². The van der Waals surface area contributed by atoms with E-state index in [4.69, 9.17) is 0 Å². The van der Waals surface area contributed by atoms with E-state index in [1.165, 1.54) is 48.2 Å². The van der Waals surface area contributed by atoms with Crippen LogP contribution in [0, 0.1) is 5.92 Å². The van der Waals surface area contributed by atoms with E-state index in [-0.39, 0.29) is 0 Å². The van der Waals surface area contributed by atoms with Gasteiger partial charge in [-0.05, 0) is 37.3 Å². The highest BCUT2D eigenvalue weighted by Crippen LogP contribution is 2.39. The molecule has 6 nitrogen and oxygen atoms in total. The Kier molecular flexibility index (Phi) is 3.99. The van der Waals surface area contributed by atoms with Gasteiger partial charge in [-0.2, -0.15) is 0 Å². The molecule has 2 aliphatic heterocycles. The van der Waals surface area contributed by atoms with E-state index in [0.29, 0.717) is 12.0 Å². The van der Waals surface area contributed by atoms with Crippen molar-refractivity contribution in [2.45, 2.75) is 38.3 Å². The van der Waals surface area contributed by atoms with Crippen molar-refractivity contribution >= 4 is 17.9 Å². The van der Waals surface area contributed by atoms with Gasteiger partial charge in [0.1, 0.15) is 12.2 Å². The highest BCUT2D eigenvalue weighted by atomic mass is 15.7. The summed E-state index contributed by atoms with van der Waals surface area (Å²) in [7, 11) is 0. The van der Waals surface area contributed by atoms with Crippen LogP contribution in [-0.4, -0.2) is 22.4 Å². The number of hydrogen-bond donors (Lipinski definition) is 4. The van der Waals surface area contributed by atoms with Crippen LogP contribution in [0.15, 0.2) is 53.3 Å². The quantitative estimate of drug-likeness (QED) is 0.686. The second-order valence-corrected chi connectivity index (χ2v) is 7.27. The number of benzene rings is 1. The summed E-state index contributed by atoms with van der Waals surface area (Å²) in [6, 6.07) is 13.4. The Hall–Kier alpha value is -2.57. The second-order valence-electron chi connectivity index (χ2n) is 7.27. The summed E-state index contributed by atoms with van der Waals surface area (Å²) in [4.78, 5) is 7.65. The van der Waals surface area contributed by atoms with Crippen LogP contribution in [0.5, 0.6) is 0 Å². The minimum Gasteiger partial charge on any atom is -0.346 e. The van der Waals surface area contributed by atoms with Crippen molar-refractivity contribution in [1.82, 2.24) is 26.3 Å². The monoisotopic (exact) mass is 348 g/mol. The van der Waals surface area contributed by atoms with E-state index in [1.54, 1.807) is 0 Å². The molecule has 6 heteroatoms. The highest BCUT2D eigenvalue weighted by Gasteiger charge is 2.33. The normalized spacial score (nSPS) is 24.4. The summed E-state index contributed by atoms with van der Waals surface area (Å²) < 4.78 is 0. The molecule has 1 aliphatic carbocycles. The van der Waals surface area contributed by atoms with Crippen LogP contribution < -0.4 is 16.3 Å². The first kappa shape index (κ1) is 15.7. The molecule has 4 N–H and O–H groups in total. The van der Waals surface area contributed by atoms with Crippen molar-refractivity contribution < 1.29 is 0 Å². The summed E-state index contributed by atoms with van der Waals surface area (Å²) in [6.07, 6.45) is 8.61. The molecule has 0 unspecified atom stereocenters. The second kappa shape index (κ2) is 6.63. The average molecular weight is 348 g/mol. The molecule has 1 aromatic carbocycles. The molecule has 0 atom stereocenters. The van der Waals surface area contributed by atoms with Gasteiger partial charge >= 0.3 is 0 Å². The van der Waals surface area contributed by atoms with Crippen LogP contribution in [0.25, 0.3) is 5.70 Å². The first-order chi connectivity index (χ1) is 12.9. The molecule has 3 aliphatic rings. The van der Waals surface area contributed by atoms with Crippen LogP contribution in [0.3, 0.4) is 0 Å². The van der Waals surface area contributed by atoms with Gasteiger partial charge in [-0.3, -0.25) is 0 Å². The lowest BCUT2D eigenvalue weighted by Gasteiger charge is -2.30. The van der Waals surface area contributed by atoms with Crippen LogP contribution in [0.2, 0.25) is 0 Å². The largest absolute Gasteiger partial charge is 0.346 e. The number of aliphatic imine (C=N–C) groups is 1. The van der Waals surface area contributed by atoms with E-state index >= 15 is 0 Å². The molecule has 1 aromatic heterocycles. The molecule has 0 bridgehead atoms. The lowest BCUT2D eigenvalue weighted by atomic mass is 9.83. The average Bonchev–Trinajstić information content (AvgIpc) is 3.34. The molecule has 3 heterocycles. The third-order valence-corrected chi connectivity index (χ3v) is 5.66. The van der Waals surface area contributed by atoms with Crippen LogP contribution in [0.1, 0.15) is 36.8 Å². The van der Waals surface area contributed by atoms with Crippen molar-refractivity contribution in [3.8, 4) is 0 Å². The van der Waals surface area contributed by atoms with Gasteiger partial charge in [-0.25, -0.2) is 10.0 Å². The van der Waals surface area contributed by atoms with Crippen molar-refractivity contribution in [2.24, 2.45) is 10.9 Å². The van der Waals surface area contributed by atoms with Crippen LogP contribution in [-0.2, 0) is 6.54 Å². The van der Waals surface area contributed by atoms with Crippen molar-refractivity contribution in [3.05, 3.63) is 59.4 Å². The van der Waals surface area contributed by atoms with Gasteiger partial charge in [0.25, 0.3) is 0 Å². The standard InChI is InChI=1S/C20H24N6/c1-2-4-14(5-3-1)12-22-16-8-6-15(7-9-16)18-19-17-10-11-21-20(17)23-13-26(19)25-24-18/h1-5,10-11,13,15-16,21-22,24-25H,6-9,12H2/t15-,16-. The Morgan fingerprint density at radius 1 is 1.08 bits per heavy atom. The first-order valence-corrected chi connectivity index (χ1v) is 9.43. The maximum absolute atomic E-state index is 4.44. The molecule has 1 saturated carbocycles. The number of fused-ring (bicyclic) bond motifs is 3. The third-order valence-electron chi connectivity index (χ3n) is 5.66. The van der Waals surface area contributed by atoms with Crippen molar-refractivity contribution in [3.63, 3.8) is 0 Å². The number of nitrogens with zero attached hydrogens (tertiary/aromatic N) is 2.